The molecule has 1 amide bonds. The predicted molar refractivity (Wildman–Crippen MR) is 154 cm³/mol. The molecule has 6 rings (SSSR count). The van der Waals surface area contributed by atoms with E-state index in [1.54, 1.807) is 12.0 Å². The summed E-state index contributed by atoms with van der Waals surface area (Å²) >= 11 is 0. The van der Waals surface area contributed by atoms with Gasteiger partial charge < -0.3 is 9.47 Å². The number of fused-ring (bicyclic) bond motifs is 5. The molecule has 2 aliphatic rings. The second-order valence-corrected chi connectivity index (χ2v) is 11.1. The second kappa shape index (κ2) is 8.93. The summed E-state index contributed by atoms with van der Waals surface area (Å²) in [6.45, 7) is 7.92. The molecule has 1 atom stereocenters. The maximum absolute atomic E-state index is 13.5. The molecule has 0 N–H and O–H groups in total. The van der Waals surface area contributed by atoms with Crippen LogP contribution in [0.3, 0.4) is 0 Å². The highest BCUT2D eigenvalue weighted by Crippen LogP contribution is 2.48. The smallest absolute Gasteiger partial charge is 0.419 e. The Labute approximate surface area is 223 Å². The summed E-state index contributed by atoms with van der Waals surface area (Å²) in [5, 5.41) is 2.48. The number of benzene rings is 4. The van der Waals surface area contributed by atoms with Gasteiger partial charge in [0.2, 0.25) is 0 Å². The van der Waals surface area contributed by atoms with Gasteiger partial charge in [-0.25, -0.2) is 9.69 Å². The number of ether oxygens (including phenoxy) is 2. The summed E-state index contributed by atoms with van der Waals surface area (Å²) in [6, 6.07) is 26.8. The van der Waals surface area contributed by atoms with Crippen molar-refractivity contribution in [3.8, 4) is 5.75 Å². The third-order valence-electron chi connectivity index (χ3n) is 7.27. The highest BCUT2D eigenvalue weighted by molar-refractivity contribution is 6.09. The standard InChI is InChI=1S/C34H31NO3/c1-21-18-23-15-14-22-10-6-7-11-25(22)32(23)27(21)20-28-26-12-8-9-13-30(26)35(33(36)38-34(2,3)4)31-17-16-24(37-5)19-29(28)31/h6-17,19,21H,18H2,1-5H3/t20?,21-/m0/s1. The van der Waals surface area contributed by atoms with Crippen LogP contribution in [-0.4, -0.2) is 18.8 Å². The Balaban J connectivity index is 1.67. The van der Waals surface area contributed by atoms with Gasteiger partial charge in [-0.1, -0.05) is 61.5 Å². The normalized spacial score (nSPS) is 16.0. The fraction of sp³-hybridized carbons (Fsp3) is 0.235. The number of rotatable bonds is 1. The molecule has 0 bridgehead atoms. The lowest BCUT2D eigenvalue weighted by Crippen LogP contribution is -2.36. The van der Waals surface area contributed by atoms with E-state index in [2.05, 4.69) is 55.1 Å². The van der Waals surface area contributed by atoms with E-state index in [1.807, 2.05) is 57.2 Å². The van der Waals surface area contributed by atoms with Crippen LogP contribution in [0.25, 0.3) is 21.9 Å². The van der Waals surface area contributed by atoms with E-state index in [0.29, 0.717) is 5.92 Å². The maximum Gasteiger partial charge on any atom is 0.419 e. The van der Waals surface area contributed by atoms with E-state index < -0.39 is 11.7 Å². The number of amides is 1. The van der Waals surface area contributed by atoms with Gasteiger partial charge in [0, 0.05) is 22.3 Å². The third kappa shape index (κ3) is 3.98. The molecule has 1 aliphatic carbocycles. The van der Waals surface area contributed by atoms with Crippen LogP contribution in [0.5, 0.6) is 5.75 Å². The van der Waals surface area contributed by atoms with Crippen molar-refractivity contribution in [1.82, 2.24) is 0 Å². The summed E-state index contributed by atoms with van der Waals surface area (Å²) in [4.78, 5) is 15.2. The Kier molecular flexibility index (Phi) is 5.66. The number of para-hydroxylation sites is 1. The fourth-order valence-electron chi connectivity index (χ4n) is 5.63. The molecule has 38 heavy (non-hydrogen) atoms. The van der Waals surface area contributed by atoms with Gasteiger partial charge in [0.05, 0.1) is 18.5 Å². The molecule has 0 spiro atoms. The van der Waals surface area contributed by atoms with Gasteiger partial charge in [-0.3, -0.25) is 0 Å². The van der Waals surface area contributed by atoms with Crippen LogP contribution in [0.1, 0.15) is 49.9 Å². The molecule has 0 saturated heterocycles. The van der Waals surface area contributed by atoms with Crippen molar-refractivity contribution in [2.75, 3.05) is 12.0 Å². The van der Waals surface area contributed by atoms with Crippen molar-refractivity contribution in [3.63, 3.8) is 0 Å². The molecule has 1 heterocycles. The van der Waals surface area contributed by atoms with Crippen molar-refractivity contribution >= 4 is 39.4 Å². The summed E-state index contributed by atoms with van der Waals surface area (Å²) in [5.74, 6) is 1.04. The highest BCUT2D eigenvalue weighted by Gasteiger charge is 2.34. The minimum atomic E-state index is -0.624. The zero-order chi connectivity index (χ0) is 26.6. The Bertz CT molecular complexity index is 1670. The largest absolute Gasteiger partial charge is 0.497 e. The molecule has 4 aromatic carbocycles. The molecule has 0 fully saturated rings. The molecule has 0 radical (unpaired) electrons. The SMILES string of the molecule is COc1ccc2c(c1)C(=C=C1c3c(ccc4ccccc34)C[C@@H]1C)c1ccccc1N2C(=O)OC(C)(C)C. The molecule has 4 aromatic rings. The van der Waals surface area contributed by atoms with E-state index in [9.17, 15) is 4.79 Å². The zero-order valence-electron chi connectivity index (χ0n) is 22.5. The van der Waals surface area contributed by atoms with Gasteiger partial charge in [0.25, 0.3) is 0 Å². The Morgan fingerprint density at radius 1 is 0.921 bits per heavy atom. The molecule has 4 nitrogen and oxygen atoms in total. The van der Waals surface area contributed by atoms with Crippen molar-refractivity contribution in [2.45, 2.75) is 39.7 Å². The summed E-state index contributed by atoms with van der Waals surface area (Å²) < 4.78 is 11.5. The number of methoxy groups -OCH3 is 1. The molecule has 190 valence electrons. The Hall–Kier alpha value is -4.27. The number of carbonyl (C=O) groups excluding carboxylic acids is 1. The molecule has 0 aromatic heterocycles. The summed E-state index contributed by atoms with van der Waals surface area (Å²) in [7, 11) is 1.66. The first-order valence-electron chi connectivity index (χ1n) is 13.1. The summed E-state index contributed by atoms with van der Waals surface area (Å²) in [5.41, 5.74) is 11.4. The second-order valence-electron chi connectivity index (χ2n) is 11.1. The highest BCUT2D eigenvalue weighted by atomic mass is 16.6. The monoisotopic (exact) mass is 501 g/mol. The topological polar surface area (TPSA) is 38.8 Å². The van der Waals surface area contributed by atoms with Crippen LogP contribution in [0.2, 0.25) is 0 Å². The van der Waals surface area contributed by atoms with E-state index in [0.717, 1.165) is 40.2 Å². The van der Waals surface area contributed by atoms with Crippen LogP contribution < -0.4 is 9.64 Å². The van der Waals surface area contributed by atoms with E-state index >= 15 is 0 Å². The van der Waals surface area contributed by atoms with E-state index in [4.69, 9.17) is 9.47 Å². The number of allylic oxidation sites excluding steroid dienone is 1. The Morgan fingerprint density at radius 2 is 1.66 bits per heavy atom. The molecule has 4 heteroatoms. The molecular formula is C34H31NO3. The molecule has 0 unspecified atom stereocenters. The van der Waals surface area contributed by atoms with Crippen molar-refractivity contribution in [3.05, 3.63) is 107 Å². The first kappa shape index (κ1) is 24.1. The number of anilines is 2. The average molecular weight is 502 g/mol. The van der Waals surface area contributed by atoms with Gasteiger partial charge in [-0.05, 0) is 79.3 Å². The summed E-state index contributed by atoms with van der Waals surface area (Å²) in [6.07, 6.45) is 0.570. The quantitative estimate of drug-likeness (QED) is 0.245. The van der Waals surface area contributed by atoms with Crippen LogP contribution in [0, 0.1) is 5.92 Å². The van der Waals surface area contributed by atoms with Gasteiger partial charge in [-0.15, -0.1) is 5.73 Å². The lowest BCUT2D eigenvalue weighted by Gasteiger charge is -2.34. The Morgan fingerprint density at radius 3 is 2.45 bits per heavy atom. The van der Waals surface area contributed by atoms with Crippen LogP contribution >= 0.6 is 0 Å². The number of hydrogen-bond donors (Lipinski definition) is 0. The third-order valence-corrected chi connectivity index (χ3v) is 7.27. The lowest BCUT2D eigenvalue weighted by molar-refractivity contribution is 0.0598. The van der Waals surface area contributed by atoms with Crippen LogP contribution in [0.15, 0.2) is 84.6 Å². The number of hydrogen-bond acceptors (Lipinski definition) is 3. The number of nitrogens with zero attached hydrogens (tertiary/aromatic N) is 1. The van der Waals surface area contributed by atoms with Crippen LogP contribution in [-0.2, 0) is 11.2 Å². The first-order chi connectivity index (χ1) is 18.2. The van der Waals surface area contributed by atoms with E-state index in [1.165, 1.54) is 27.5 Å². The average Bonchev–Trinajstić information content (AvgIpc) is 3.22. The maximum atomic E-state index is 13.5. The minimum absolute atomic E-state index is 0.313. The van der Waals surface area contributed by atoms with Crippen molar-refractivity contribution < 1.29 is 14.3 Å². The van der Waals surface area contributed by atoms with Crippen molar-refractivity contribution in [2.24, 2.45) is 5.92 Å². The zero-order valence-corrected chi connectivity index (χ0v) is 22.5. The molecule has 0 saturated carbocycles. The van der Waals surface area contributed by atoms with Gasteiger partial charge >= 0.3 is 6.09 Å². The molecule has 1 aliphatic heterocycles. The van der Waals surface area contributed by atoms with Gasteiger partial charge in [0.15, 0.2) is 0 Å². The van der Waals surface area contributed by atoms with Crippen molar-refractivity contribution in [1.29, 1.82) is 0 Å². The minimum Gasteiger partial charge on any atom is -0.497 e. The lowest BCUT2D eigenvalue weighted by atomic mass is 9.88. The number of carbonyl (C=O) groups is 1. The van der Waals surface area contributed by atoms with Gasteiger partial charge in [0.1, 0.15) is 11.4 Å². The van der Waals surface area contributed by atoms with Crippen LogP contribution in [0.4, 0.5) is 16.2 Å². The van der Waals surface area contributed by atoms with E-state index in [-0.39, 0.29) is 0 Å². The first-order valence-corrected chi connectivity index (χ1v) is 13.1. The molecular weight excluding hydrogens is 470 g/mol. The predicted octanol–water partition coefficient (Wildman–Crippen LogP) is 8.54. The fourth-order valence-corrected chi connectivity index (χ4v) is 5.63. The van der Waals surface area contributed by atoms with Gasteiger partial charge in [-0.2, -0.15) is 0 Å².